The number of likely N-dealkylation sites (tertiary alicyclic amines) is 1. The van der Waals surface area contributed by atoms with Gasteiger partial charge in [-0.05, 0) is 56.6 Å². The van der Waals surface area contributed by atoms with E-state index in [1.807, 2.05) is 6.07 Å². The van der Waals surface area contributed by atoms with Crippen molar-refractivity contribution in [2.45, 2.75) is 38.8 Å². The highest BCUT2D eigenvalue weighted by Gasteiger charge is 2.13. The predicted molar refractivity (Wildman–Crippen MR) is 108 cm³/mol. The molecule has 0 saturated carbocycles. The molecule has 26 heavy (non-hydrogen) atoms. The summed E-state index contributed by atoms with van der Waals surface area (Å²) in [4.78, 5) is 7.46. The maximum Gasteiger partial charge on any atom is 0.141 e. The molecule has 136 valence electrons. The van der Waals surface area contributed by atoms with Crippen LogP contribution in [0.15, 0.2) is 48.5 Å². The van der Waals surface area contributed by atoms with Crippen molar-refractivity contribution in [3.8, 4) is 11.4 Å². The van der Waals surface area contributed by atoms with Crippen LogP contribution in [0.5, 0.6) is 0 Å². The molecule has 0 atom stereocenters. The topological polar surface area (TPSA) is 47.1 Å². The summed E-state index contributed by atoms with van der Waals surface area (Å²) >= 11 is 0. The van der Waals surface area contributed by atoms with Gasteiger partial charge in [-0.25, -0.2) is 4.98 Å². The lowest BCUT2D eigenvalue weighted by Crippen LogP contribution is -2.29. The summed E-state index contributed by atoms with van der Waals surface area (Å²) in [6.07, 6.45) is 5.02. The summed E-state index contributed by atoms with van der Waals surface area (Å²) in [5.41, 5.74) is 10.6. The third-order valence-electron chi connectivity index (χ3n) is 5.31. The minimum Gasteiger partial charge on any atom is -0.330 e. The average molecular weight is 348 g/mol. The van der Waals surface area contributed by atoms with Gasteiger partial charge in [0.2, 0.25) is 0 Å². The summed E-state index contributed by atoms with van der Waals surface area (Å²) in [6, 6.07) is 17.3. The number of benzene rings is 2. The zero-order chi connectivity index (χ0) is 17.8. The number of para-hydroxylation sites is 2. The number of piperidine rings is 1. The Morgan fingerprint density at radius 2 is 1.69 bits per heavy atom. The molecule has 1 aliphatic heterocycles. The van der Waals surface area contributed by atoms with Gasteiger partial charge >= 0.3 is 0 Å². The minimum absolute atomic E-state index is 0.695. The summed E-state index contributed by atoms with van der Waals surface area (Å²) in [7, 11) is 0. The maximum atomic E-state index is 5.75. The highest BCUT2D eigenvalue weighted by molar-refractivity contribution is 5.80. The van der Waals surface area contributed by atoms with Crippen molar-refractivity contribution in [2.24, 2.45) is 5.73 Å². The van der Waals surface area contributed by atoms with E-state index in [1.54, 1.807) is 0 Å². The van der Waals surface area contributed by atoms with Crippen LogP contribution in [-0.2, 0) is 13.1 Å². The fourth-order valence-electron chi connectivity index (χ4n) is 3.91. The van der Waals surface area contributed by atoms with Crippen LogP contribution in [0.25, 0.3) is 22.4 Å². The van der Waals surface area contributed by atoms with E-state index in [4.69, 9.17) is 10.7 Å². The Morgan fingerprint density at radius 1 is 0.923 bits per heavy atom. The van der Waals surface area contributed by atoms with Crippen LogP contribution in [0, 0.1) is 0 Å². The van der Waals surface area contributed by atoms with Gasteiger partial charge in [0.15, 0.2) is 0 Å². The highest BCUT2D eigenvalue weighted by Crippen LogP contribution is 2.26. The number of imidazole rings is 1. The highest BCUT2D eigenvalue weighted by atomic mass is 15.1. The fraction of sp³-hybridized carbons (Fsp3) is 0.409. The van der Waals surface area contributed by atoms with E-state index in [0.29, 0.717) is 6.54 Å². The van der Waals surface area contributed by atoms with Crippen LogP contribution in [0.4, 0.5) is 0 Å². The molecule has 0 bridgehead atoms. The number of nitrogens with two attached hydrogens (primary N) is 1. The molecule has 0 spiro atoms. The molecule has 0 amide bonds. The second-order valence-corrected chi connectivity index (χ2v) is 7.25. The normalized spacial score (nSPS) is 15.6. The summed E-state index contributed by atoms with van der Waals surface area (Å²) in [6.45, 7) is 5.12. The van der Waals surface area contributed by atoms with E-state index in [2.05, 4.69) is 51.9 Å². The molecule has 1 saturated heterocycles. The fourth-order valence-corrected chi connectivity index (χ4v) is 3.91. The van der Waals surface area contributed by atoms with Crippen LogP contribution < -0.4 is 5.73 Å². The quantitative estimate of drug-likeness (QED) is 0.731. The molecule has 0 radical (unpaired) electrons. The molecule has 2 heterocycles. The van der Waals surface area contributed by atoms with E-state index in [1.165, 1.54) is 49.0 Å². The SMILES string of the molecule is NCCCn1c(-c2ccc(CN3CCCCC3)cc2)nc2ccccc21. The van der Waals surface area contributed by atoms with E-state index in [-0.39, 0.29) is 0 Å². The predicted octanol–water partition coefficient (Wildman–Crippen LogP) is 4.04. The minimum atomic E-state index is 0.695. The molecular formula is C22H28N4. The van der Waals surface area contributed by atoms with Crippen molar-refractivity contribution < 1.29 is 0 Å². The van der Waals surface area contributed by atoms with Crippen molar-refractivity contribution in [1.29, 1.82) is 0 Å². The molecule has 3 aromatic rings. The van der Waals surface area contributed by atoms with Gasteiger partial charge in [-0.3, -0.25) is 4.90 Å². The van der Waals surface area contributed by atoms with Gasteiger partial charge in [0.1, 0.15) is 5.82 Å². The molecule has 0 aliphatic carbocycles. The number of aromatic nitrogens is 2. The van der Waals surface area contributed by atoms with Gasteiger partial charge in [-0.2, -0.15) is 0 Å². The number of hydrogen-bond donors (Lipinski definition) is 1. The first-order valence-corrected chi connectivity index (χ1v) is 9.82. The standard InChI is InChI=1S/C22H28N4/c23-13-6-16-26-21-8-3-2-7-20(21)24-22(26)19-11-9-18(10-12-19)17-25-14-4-1-5-15-25/h2-3,7-12H,1,4-6,13-17,23H2. The smallest absolute Gasteiger partial charge is 0.141 e. The molecular weight excluding hydrogens is 320 g/mol. The molecule has 4 nitrogen and oxygen atoms in total. The summed E-state index contributed by atoms with van der Waals surface area (Å²) in [5.74, 6) is 1.05. The lowest BCUT2D eigenvalue weighted by molar-refractivity contribution is 0.221. The first kappa shape index (κ1) is 17.3. The van der Waals surface area contributed by atoms with Crippen LogP contribution in [-0.4, -0.2) is 34.1 Å². The molecule has 1 aromatic heterocycles. The number of nitrogens with zero attached hydrogens (tertiary/aromatic N) is 3. The molecule has 2 N–H and O–H groups in total. The maximum absolute atomic E-state index is 5.75. The Balaban J connectivity index is 1.60. The van der Waals surface area contributed by atoms with Crippen LogP contribution in [0.3, 0.4) is 0 Å². The zero-order valence-electron chi connectivity index (χ0n) is 15.4. The van der Waals surface area contributed by atoms with Gasteiger partial charge in [-0.15, -0.1) is 0 Å². The van der Waals surface area contributed by atoms with Gasteiger partial charge < -0.3 is 10.3 Å². The number of hydrogen-bond acceptors (Lipinski definition) is 3. The van der Waals surface area contributed by atoms with Gasteiger partial charge in [0.25, 0.3) is 0 Å². The second kappa shape index (κ2) is 8.02. The molecule has 4 heteroatoms. The molecule has 4 rings (SSSR count). The second-order valence-electron chi connectivity index (χ2n) is 7.25. The molecule has 1 aliphatic rings. The third-order valence-corrected chi connectivity index (χ3v) is 5.31. The van der Waals surface area contributed by atoms with Crippen molar-refractivity contribution in [3.63, 3.8) is 0 Å². The van der Waals surface area contributed by atoms with E-state index < -0.39 is 0 Å². The first-order chi connectivity index (χ1) is 12.8. The third kappa shape index (κ3) is 3.67. The largest absolute Gasteiger partial charge is 0.330 e. The van der Waals surface area contributed by atoms with Gasteiger partial charge in [-0.1, -0.05) is 42.8 Å². The Labute approximate surface area is 155 Å². The lowest BCUT2D eigenvalue weighted by atomic mass is 10.1. The van der Waals surface area contributed by atoms with Crippen LogP contribution in [0.2, 0.25) is 0 Å². The Kier molecular flexibility index (Phi) is 5.32. The van der Waals surface area contributed by atoms with Gasteiger partial charge in [0, 0.05) is 18.7 Å². The van der Waals surface area contributed by atoms with Crippen LogP contribution in [0.1, 0.15) is 31.2 Å². The lowest BCUT2D eigenvalue weighted by Gasteiger charge is -2.26. The Bertz CT molecular complexity index is 844. The van der Waals surface area contributed by atoms with Crippen molar-refractivity contribution in [3.05, 3.63) is 54.1 Å². The number of fused-ring (bicyclic) bond motifs is 1. The first-order valence-electron chi connectivity index (χ1n) is 9.82. The van der Waals surface area contributed by atoms with E-state index >= 15 is 0 Å². The zero-order valence-corrected chi connectivity index (χ0v) is 15.4. The summed E-state index contributed by atoms with van der Waals surface area (Å²) < 4.78 is 2.31. The van der Waals surface area contributed by atoms with Crippen molar-refractivity contribution in [2.75, 3.05) is 19.6 Å². The number of aryl methyl sites for hydroxylation is 1. The molecule has 2 aromatic carbocycles. The Hall–Kier alpha value is -2.17. The average Bonchev–Trinajstić information content (AvgIpc) is 3.06. The molecule has 1 fully saturated rings. The van der Waals surface area contributed by atoms with E-state index in [9.17, 15) is 0 Å². The summed E-state index contributed by atoms with van der Waals surface area (Å²) in [5, 5.41) is 0. The van der Waals surface area contributed by atoms with Gasteiger partial charge in [0.05, 0.1) is 11.0 Å². The Morgan fingerprint density at radius 3 is 2.46 bits per heavy atom. The van der Waals surface area contributed by atoms with Crippen LogP contribution >= 0.6 is 0 Å². The van der Waals surface area contributed by atoms with Crippen molar-refractivity contribution in [1.82, 2.24) is 14.5 Å². The van der Waals surface area contributed by atoms with Crippen molar-refractivity contribution >= 4 is 11.0 Å². The number of rotatable bonds is 6. The monoisotopic (exact) mass is 348 g/mol. The van der Waals surface area contributed by atoms with E-state index in [0.717, 1.165) is 30.9 Å². The molecule has 0 unspecified atom stereocenters.